The Morgan fingerprint density at radius 3 is 2.61 bits per heavy atom. The van der Waals surface area contributed by atoms with E-state index >= 15 is 0 Å². The van der Waals surface area contributed by atoms with Crippen LogP contribution in [0.2, 0.25) is 0 Å². The molecule has 0 aliphatic rings. The van der Waals surface area contributed by atoms with Gasteiger partial charge in [0.05, 0.1) is 0 Å². The maximum atomic E-state index is 13.0. The first-order chi connectivity index (χ1) is 8.70. The zero-order valence-electron chi connectivity index (χ0n) is 10.0. The predicted molar refractivity (Wildman–Crippen MR) is 73.8 cm³/mol. The number of hydrogen-bond donors (Lipinski definition) is 1. The van der Waals surface area contributed by atoms with E-state index in [0.29, 0.717) is 0 Å². The number of benzene rings is 1. The van der Waals surface area contributed by atoms with E-state index in [-0.39, 0.29) is 11.9 Å². The molecule has 1 atom stereocenters. The SMILES string of the molecule is CNC(Cc1ccc(F)cc1Br)c1ccncc1. The summed E-state index contributed by atoms with van der Waals surface area (Å²) in [5, 5.41) is 3.27. The van der Waals surface area contributed by atoms with Gasteiger partial charge in [0, 0.05) is 22.9 Å². The van der Waals surface area contributed by atoms with Crippen LogP contribution in [0.3, 0.4) is 0 Å². The summed E-state index contributed by atoms with van der Waals surface area (Å²) in [7, 11) is 1.92. The molecule has 0 spiro atoms. The minimum Gasteiger partial charge on any atom is -0.313 e. The van der Waals surface area contributed by atoms with Crippen molar-refractivity contribution < 1.29 is 4.39 Å². The molecule has 0 radical (unpaired) electrons. The molecule has 94 valence electrons. The van der Waals surface area contributed by atoms with E-state index in [2.05, 4.69) is 26.2 Å². The van der Waals surface area contributed by atoms with Crippen molar-refractivity contribution in [3.63, 3.8) is 0 Å². The number of likely N-dealkylation sites (N-methyl/N-ethyl adjacent to an activating group) is 1. The van der Waals surface area contributed by atoms with Crippen LogP contribution < -0.4 is 5.32 Å². The third-order valence-corrected chi connectivity index (χ3v) is 3.63. The first-order valence-corrected chi connectivity index (χ1v) is 6.51. The zero-order chi connectivity index (χ0) is 13.0. The Hall–Kier alpha value is -1.26. The Bertz CT molecular complexity index is 516. The third kappa shape index (κ3) is 3.15. The van der Waals surface area contributed by atoms with Gasteiger partial charge in [0.25, 0.3) is 0 Å². The van der Waals surface area contributed by atoms with Gasteiger partial charge in [-0.3, -0.25) is 4.98 Å². The van der Waals surface area contributed by atoms with Crippen molar-refractivity contribution in [1.82, 2.24) is 10.3 Å². The summed E-state index contributed by atoms with van der Waals surface area (Å²) >= 11 is 3.40. The van der Waals surface area contributed by atoms with Gasteiger partial charge in [-0.15, -0.1) is 0 Å². The molecule has 0 saturated carbocycles. The van der Waals surface area contributed by atoms with Crippen molar-refractivity contribution in [3.05, 3.63) is 64.1 Å². The molecule has 2 aromatic rings. The average molecular weight is 309 g/mol. The molecule has 2 nitrogen and oxygen atoms in total. The van der Waals surface area contributed by atoms with Crippen LogP contribution >= 0.6 is 15.9 Å². The van der Waals surface area contributed by atoms with Crippen LogP contribution in [-0.4, -0.2) is 12.0 Å². The maximum absolute atomic E-state index is 13.0. The monoisotopic (exact) mass is 308 g/mol. The number of hydrogen-bond acceptors (Lipinski definition) is 2. The molecule has 1 aromatic heterocycles. The number of nitrogens with one attached hydrogen (secondary N) is 1. The number of nitrogens with zero attached hydrogens (tertiary/aromatic N) is 1. The summed E-state index contributed by atoms with van der Waals surface area (Å²) in [5.74, 6) is -0.226. The van der Waals surface area contributed by atoms with Crippen LogP contribution in [0.5, 0.6) is 0 Å². The topological polar surface area (TPSA) is 24.9 Å². The van der Waals surface area contributed by atoms with E-state index < -0.39 is 0 Å². The van der Waals surface area contributed by atoms with Gasteiger partial charge in [0.15, 0.2) is 0 Å². The third-order valence-electron chi connectivity index (χ3n) is 2.90. The zero-order valence-corrected chi connectivity index (χ0v) is 11.6. The highest BCUT2D eigenvalue weighted by molar-refractivity contribution is 9.10. The van der Waals surface area contributed by atoms with E-state index in [9.17, 15) is 4.39 Å². The standard InChI is InChI=1S/C14H14BrFN2/c1-17-14(10-4-6-18-7-5-10)8-11-2-3-12(16)9-13(11)15/h2-7,9,14,17H,8H2,1H3. The summed E-state index contributed by atoms with van der Waals surface area (Å²) in [6, 6.07) is 8.95. The van der Waals surface area contributed by atoms with Crippen LogP contribution in [0.4, 0.5) is 4.39 Å². The van der Waals surface area contributed by atoms with Gasteiger partial charge in [-0.25, -0.2) is 4.39 Å². The molecule has 1 heterocycles. The normalized spacial score (nSPS) is 12.4. The Kier molecular flexibility index (Phi) is 4.44. The highest BCUT2D eigenvalue weighted by Crippen LogP contribution is 2.24. The number of aromatic nitrogens is 1. The van der Waals surface area contributed by atoms with Gasteiger partial charge < -0.3 is 5.32 Å². The molecule has 0 bridgehead atoms. The van der Waals surface area contributed by atoms with Gasteiger partial charge >= 0.3 is 0 Å². The van der Waals surface area contributed by atoms with Crippen LogP contribution in [-0.2, 0) is 6.42 Å². The molecule has 0 fully saturated rings. The number of pyridine rings is 1. The summed E-state index contributed by atoms with van der Waals surface area (Å²) in [4.78, 5) is 4.01. The van der Waals surface area contributed by atoms with Crippen LogP contribution in [0.15, 0.2) is 47.2 Å². The lowest BCUT2D eigenvalue weighted by Crippen LogP contribution is -2.19. The lowest BCUT2D eigenvalue weighted by atomic mass is 10.00. The highest BCUT2D eigenvalue weighted by atomic mass is 79.9. The first-order valence-electron chi connectivity index (χ1n) is 5.72. The molecule has 18 heavy (non-hydrogen) atoms. The molecule has 1 N–H and O–H groups in total. The largest absolute Gasteiger partial charge is 0.313 e. The fourth-order valence-electron chi connectivity index (χ4n) is 1.89. The van der Waals surface area contributed by atoms with E-state index in [0.717, 1.165) is 16.5 Å². The van der Waals surface area contributed by atoms with Gasteiger partial charge in [0.2, 0.25) is 0 Å². The Balaban J connectivity index is 2.21. The smallest absolute Gasteiger partial charge is 0.124 e. The van der Waals surface area contributed by atoms with Crippen molar-refractivity contribution in [3.8, 4) is 0 Å². The average Bonchev–Trinajstić information content (AvgIpc) is 2.39. The molecule has 0 saturated heterocycles. The molecule has 1 aromatic carbocycles. The fourth-order valence-corrected chi connectivity index (χ4v) is 2.40. The maximum Gasteiger partial charge on any atom is 0.124 e. The van der Waals surface area contributed by atoms with Crippen LogP contribution in [0.25, 0.3) is 0 Å². The van der Waals surface area contributed by atoms with E-state index in [4.69, 9.17) is 0 Å². The molecule has 1 unspecified atom stereocenters. The van der Waals surface area contributed by atoms with E-state index in [1.807, 2.05) is 25.2 Å². The first kappa shape index (κ1) is 13.2. The molecule has 0 aliphatic carbocycles. The van der Waals surface area contributed by atoms with Gasteiger partial charge in [-0.2, -0.15) is 0 Å². The van der Waals surface area contributed by atoms with Gasteiger partial charge in [-0.1, -0.05) is 22.0 Å². The summed E-state index contributed by atoms with van der Waals surface area (Å²) in [6.45, 7) is 0. The number of rotatable bonds is 4. The van der Waals surface area contributed by atoms with Crippen molar-refractivity contribution in [2.24, 2.45) is 0 Å². The van der Waals surface area contributed by atoms with Crippen LogP contribution in [0.1, 0.15) is 17.2 Å². The Labute approximate surface area is 114 Å². The second-order valence-corrected chi connectivity index (χ2v) is 4.92. The molecular weight excluding hydrogens is 295 g/mol. The summed E-state index contributed by atoms with van der Waals surface area (Å²) in [5.41, 5.74) is 2.25. The van der Waals surface area contributed by atoms with Crippen molar-refractivity contribution >= 4 is 15.9 Å². The fraction of sp³-hybridized carbons (Fsp3) is 0.214. The molecule has 4 heteroatoms. The van der Waals surface area contributed by atoms with Gasteiger partial charge in [0.1, 0.15) is 5.82 Å². The Morgan fingerprint density at radius 1 is 1.28 bits per heavy atom. The number of halogens is 2. The highest BCUT2D eigenvalue weighted by Gasteiger charge is 2.12. The lowest BCUT2D eigenvalue weighted by Gasteiger charge is -2.17. The van der Waals surface area contributed by atoms with Crippen LogP contribution in [0, 0.1) is 5.82 Å². The van der Waals surface area contributed by atoms with Crippen molar-refractivity contribution in [2.45, 2.75) is 12.5 Å². The van der Waals surface area contributed by atoms with Crippen molar-refractivity contribution in [2.75, 3.05) is 7.05 Å². The second-order valence-electron chi connectivity index (χ2n) is 4.06. The molecule has 2 rings (SSSR count). The molecule has 0 aliphatic heterocycles. The summed E-state index contributed by atoms with van der Waals surface area (Å²) in [6.07, 6.45) is 4.35. The second kappa shape index (κ2) is 6.07. The lowest BCUT2D eigenvalue weighted by molar-refractivity contribution is 0.587. The minimum absolute atomic E-state index is 0.190. The van der Waals surface area contributed by atoms with E-state index in [1.54, 1.807) is 12.4 Å². The Morgan fingerprint density at radius 2 is 2.00 bits per heavy atom. The summed E-state index contributed by atoms with van der Waals surface area (Å²) < 4.78 is 13.8. The predicted octanol–water partition coefficient (Wildman–Crippen LogP) is 3.49. The van der Waals surface area contributed by atoms with E-state index in [1.165, 1.54) is 17.7 Å². The molecule has 0 amide bonds. The quantitative estimate of drug-likeness (QED) is 0.935. The minimum atomic E-state index is -0.226. The van der Waals surface area contributed by atoms with Crippen molar-refractivity contribution in [1.29, 1.82) is 0 Å². The molecular formula is C14H14BrFN2. The van der Waals surface area contributed by atoms with Gasteiger partial charge in [-0.05, 0) is 48.9 Å².